The molecule has 1 saturated heterocycles. The van der Waals surface area contributed by atoms with Crippen molar-refractivity contribution in [2.75, 3.05) is 31.2 Å². The normalized spacial score (nSPS) is 19.1. The van der Waals surface area contributed by atoms with Crippen LogP contribution in [0.5, 0.6) is 0 Å². The Labute approximate surface area is 174 Å². The number of hydrogen-bond acceptors (Lipinski definition) is 11. The molecule has 0 aromatic heterocycles. The van der Waals surface area contributed by atoms with Crippen molar-refractivity contribution in [2.45, 2.75) is 12.6 Å². The lowest BCUT2D eigenvalue weighted by Crippen LogP contribution is -2.24. The highest BCUT2D eigenvalue weighted by Crippen LogP contribution is 2.55. The first-order chi connectivity index (χ1) is 9.65. The maximum Gasteiger partial charge on any atom is 0.114 e. The fourth-order valence-electron chi connectivity index (χ4n) is 1.19. The Kier molecular flexibility index (Phi) is 14.3. The summed E-state index contributed by atoms with van der Waals surface area (Å²) in [4.78, 5) is 0. The van der Waals surface area contributed by atoms with Gasteiger partial charge in [-0.2, -0.15) is 50.5 Å². The first-order valence-corrected chi connectivity index (χ1v) is 15.2. The molecule has 1 unspecified atom stereocenters. The Balaban J connectivity index is 2.28. The van der Waals surface area contributed by atoms with E-state index in [2.05, 4.69) is 37.9 Å². The third kappa shape index (κ3) is 8.80. The summed E-state index contributed by atoms with van der Waals surface area (Å²) in [5.41, 5.74) is 0. The van der Waals surface area contributed by atoms with Gasteiger partial charge in [-0.25, -0.2) is 0 Å². The summed E-state index contributed by atoms with van der Waals surface area (Å²) < 4.78 is 1.24. The largest absolute Gasteiger partial charge is 0.168 e. The van der Waals surface area contributed by atoms with Crippen LogP contribution in [0.25, 0.3) is 0 Å². The Morgan fingerprint density at radius 1 is 0.900 bits per heavy atom. The average Bonchev–Trinajstić information content (AvgIpc) is 2.40. The van der Waals surface area contributed by atoms with Gasteiger partial charge in [0.15, 0.2) is 0 Å². The van der Waals surface area contributed by atoms with E-state index in [1.165, 1.54) is 5.08 Å². The molecule has 0 nitrogen and oxygen atoms in total. The highest BCUT2D eigenvalue weighted by Gasteiger charge is 2.34. The lowest BCUT2D eigenvalue weighted by molar-refractivity contribution is 1.34. The molecule has 1 fully saturated rings. The zero-order valence-electron chi connectivity index (χ0n) is 10.5. The molecule has 1 atom stereocenters. The predicted octanol–water partition coefficient (Wildman–Crippen LogP) is 5.95. The quantitative estimate of drug-likeness (QED) is 0.153. The monoisotopic (exact) mass is 478 g/mol. The number of thioether (sulfide) groups is 7. The minimum absolute atomic E-state index is 0.163. The maximum absolute atomic E-state index is 4.70. The minimum Gasteiger partial charge on any atom is -0.168 e. The van der Waals surface area contributed by atoms with Crippen LogP contribution in [0, 0.1) is 0 Å². The first-order valence-electron chi connectivity index (χ1n) is 5.52. The molecule has 1 heterocycles. The van der Waals surface area contributed by atoms with Gasteiger partial charge in [-0.3, -0.25) is 0 Å². The van der Waals surface area contributed by atoms with Crippen LogP contribution in [0.4, 0.5) is 0 Å². The van der Waals surface area contributed by atoms with Gasteiger partial charge in [0, 0.05) is 31.2 Å². The van der Waals surface area contributed by atoms with Crippen molar-refractivity contribution in [1.82, 2.24) is 0 Å². The summed E-state index contributed by atoms with van der Waals surface area (Å²) in [6.07, 6.45) is 0. The Morgan fingerprint density at radius 2 is 1.40 bits per heavy atom. The van der Waals surface area contributed by atoms with Crippen molar-refractivity contribution in [3.63, 3.8) is 0 Å². The van der Waals surface area contributed by atoms with E-state index in [-0.39, 0.29) is 3.41 Å². The van der Waals surface area contributed by atoms with Crippen LogP contribution in [-0.2, 0) is 0 Å². The number of rotatable bonds is 12. The van der Waals surface area contributed by atoms with E-state index in [0.717, 1.165) is 26.1 Å². The second-order valence-electron chi connectivity index (χ2n) is 3.38. The molecule has 0 saturated carbocycles. The van der Waals surface area contributed by atoms with E-state index in [1.54, 1.807) is 0 Å². The van der Waals surface area contributed by atoms with Crippen LogP contribution >= 0.6 is 133 Å². The van der Waals surface area contributed by atoms with Crippen molar-refractivity contribution in [2.24, 2.45) is 0 Å². The van der Waals surface area contributed by atoms with E-state index in [1.807, 2.05) is 82.3 Å². The van der Waals surface area contributed by atoms with Gasteiger partial charge >= 0.3 is 0 Å². The number of thiol groups is 4. The molecular weight excluding hydrogens is 461 g/mol. The molecular formula is C9H18S11. The molecule has 0 N–H and O–H groups in total. The smallest absolute Gasteiger partial charge is 0.114 e. The molecule has 0 aromatic carbocycles. The van der Waals surface area contributed by atoms with Crippen LogP contribution in [0.1, 0.15) is 0 Å². The summed E-state index contributed by atoms with van der Waals surface area (Å²) in [5, 5.41) is 4.88. The van der Waals surface area contributed by atoms with Gasteiger partial charge in [0.1, 0.15) is 3.41 Å². The third-order valence-corrected chi connectivity index (χ3v) is 14.8. The summed E-state index contributed by atoms with van der Waals surface area (Å²) >= 11 is 31.4. The molecule has 0 amide bonds. The van der Waals surface area contributed by atoms with Crippen LogP contribution < -0.4 is 0 Å². The molecule has 120 valence electrons. The Bertz CT molecular complexity index is 240. The van der Waals surface area contributed by atoms with Crippen LogP contribution in [-0.4, -0.2) is 43.8 Å². The molecule has 0 aromatic rings. The van der Waals surface area contributed by atoms with Crippen LogP contribution in [0.3, 0.4) is 0 Å². The Morgan fingerprint density at radius 3 is 1.80 bits per heavy atom. The number of hydrogen-bond donors (Lipinski definition) is 4. The van der Waals surface area contributed by atoms with Gasteiger partial charge in [-0.1, -0.05) is 0 Å². The van der Waals surface area contributed by atoms with E-state index in [0.29, 0.717) is 9.16 Å². The lowest BCUT2D eigenvalue weighted by Gasteiger charge is -2.35. The second-order valence-corrected chi connectivity index (χ2v) is 16.6. The van der Waals surface area contributed by atoms with E-state index in [9.17, 15) is 0 Å². The van der Waals surface area contributed by atoms with Gasteiger partial charge in [0.05, 0.1) is 9.16 Å². The summed E-state index contributed by atoms with van der Waals surface area (Å²) in [5.74, 6) is 1.11. The topological polar surface area (TPSA) is 0 Å². The van der Waals surface area contributed by atoms with Crippen LogP contribution in [0.15, 0.2) is 0 Å². The third-order valence-electron chi connectivity index (χ3n) is 2.11. The van der Waals surface area contributed by atoms with E-state index >= 15 is 0 Å². The predicted molar refractivity (Wildman–Crippen MR) is 129 cm³/mol. The Hall–Kier alpha value is 3.85. The van der Waals surface area contributed by atoms with Crippen molar-refractivity contribution in [3.8, 4) is 0 Å². The minimum atomic E-state index is 0.163. The molecule has 1 aliphatic heterocycles. The molecule has 11 heteroatoms. The van der Waals surface area contributed by atoms with Gasteiger partial charge in [0.2, 0.25) is 0 Å². The highest BCUT2D eigenvalue weighted by molar-refractivity contribution is 8.42. The van der Waals surface area contributed by atoms with Crippen molar-refractivity contribution < 1.29 is 0 Å². The molecule has 0 aliphatic carbocycles. The summed E-state index contributed by atoms with van der Waals surface area (Å²) in [6.45, 7) is 0. The summed E-state index contributed by atoms with van der Waals surface area (Å²) in [6, 6.07) is 0. The van der Waals surface area contributed by atoms with Crippen LogP contribution in [0.2, 0.25) is 0 Å². The molecule has 1 rings (SSSR count). The van der Waals surface area contributed by atoms with Gasteiger partial charge < -0.3 is 0 Å². The fraction of sp³-hybridized carbons (Fsp3) is 1.00. The first kappa shape index (κ1) is 21.9. The van der Waals surface area contributed by atoms with Gasteiger partial charge in [-0.05, 0) is 0 Å². The maximum atomic E-state index is 4.70. The van der Waals surface area contributed by atoms with Gasteiger partial charge in [0.25, 0.3) is 0 Å². The zero-order chi connectivity index (χ0) is 14.8. The average molecular weight is 479 g/mol. The van der Waals surface area contributed by atoms with Crippen molar-refractivity contribution >= 4 is 133 Å². The molecule has 20 heavy (non-hydrogen) atoms. The molecule has 0 radical (unpaired) electrons. The van der Waals surface area contributed by atoms with E-state index < -0.39 is 0 Å². The second kappa shape index (κ2) is 13.1. The standard InChI is InChI=1S/C9H18S11/c10-2-15-7(16-3-11)8(17-4-12)18-5-14-1-9(13)19-6-20-9/h7-8,10-13H,1-6H2. The highest BCUT2D eigenvalue weighted by atomic mass is 32.3. The van der Waals surface area contributed by atoms with E-state index in [4.69, 9.17) is 12.6 Å². The van der Waals surface area contributed by atoms with Crippen molar-refractivity contribution in [3.05, 3.63) is 0 Å². The van der Waals surface area contributed by atoms with Crippen molar-refractivity contribution in [1.29, 1.82) is 0 Å². The summed E-state index contributed by atoms with van der Waals surface area (Å²) in [7, 11) is 0. The van der Waals surface area contributed by atoms with Gasteiger partial charge in [-0.15, -0.1) is 82.3 Å². The lowest BCUT2D eigenvalue weighted by atomic mass is 10.9. The zero-order valence-corrected chi connectivity index (χ0v) is 19.8. The molecule has 0 bridgehead atoms. The molecule has 0 spiro atoms. The fourth-order valence-corrected chi connectivity index (χ4v) is 13.8. The molecule has 1 aliphatic rings. The SMILES string of the molecule is SCSC(SCS)C(SCS)SCSCC1(S)SCS1.